The summed E-state index contributed by atoms with van der Waals surface area (Å²) in [4.78, 5) is 23.1. The molecule has 0 fully saturated rings. The maximum absolute atomic E-state index is 11.7. The summed E-state index contributed by atoms with van der Waals surface area (Å²) in [6.07, 6.45) is -0.389. The number of Topliss-reactive ketones (excluding diaryl/α,β-unsaturated/α-hetero) is 1. The van der Waals surface area contributed by atoms with Crippen molar-refractivity contribution < 1.29 is 16.4 Å². The molecule has 0 bridgehead atoms. The number of amides is 1. The molecule has 0 saturated carbocycles. The highest BCUT2D eigenvalue weighted by molar-refractivity contribution is 6.04. The maximum Gasteiger partial charge on any atom is 0.231 e. The fourth-order valence-electron chi connectivity index (χ4n) is 0.858. The number of carbonyl (C=O) groups is 2. The van der Waals surface area contributed by atoms with Crippen LogP contribution in [0.5, 0.6) is 0 Å². The van der Waals surface area contributed by atoms with E-state index in [0.717, 1.165) is 0 Å². The molecule has 15 heavy (non-hydrogen) atoms. The van der Waals surface area contributed by atoms with E-state index >= 15 is 0 Å². The Morgan fingerprint density at radius 2 is 1.93 bits per heavy atom. The third-order valence-corrected chi connectivity index (χ3v) is 1.74. The second-order valence-corrected chi connectivity index (χ2v) is 3.35. The van der Waals surface area contributed by atoms with Crippen LogP contribution >= 0.6 is 0 Å². The van der Waals surface area contributed by atoms with Crippen LogP contribution in [0.3, 0.4) is 0 Å². The highest BCUT2D eigenvalue weighted by Crippen LogP contribution is 2.06. The van der Waals surface area contributed by atoms with Crippen molar-refractivity contribution >= 4 is 17.4 Å². The van der Waals surface area contributed by atoms with E-state index in [0.29, 0.717) is 0 Å². The molecular weight excluding hydrogens is 190 g/mol. The van der Waals surface area contributed by atoms with Gasteiger partial charge in [-0.05, 0) is 12.1 Å². The number of hydrogen-bond donors (Lipinski definition) is 1. The zero-order chi connectivity index (χ0) is 15.6. The molecule has 80 valence electrons. The van der Waals surface area contributed by atoms with E-state index in [1.54, 1.807) is 13.8 Å². The Kier molecular flexibility index (Phi) is 2.14. The van der Waals surface area contributed by atoms with E-state index in [4.69, 9.17) is 6.85 Å². The summed E-state index contributed by atoms with van der Waals surface area (Å²) in [6.45, 7) is 3.31. The molecule has 0 saturated heterocycles. The van der Waals surface area contributed by atoms with Crippen LogP contribution in [0.1, 0.15) is 27.1 Å². The van der Waals surface area contributed by atoms with Crippen LogP contribution in [-0.4, -0.2) is 11.7 Å². The number of anilines is 1. The van der Waals surface area contributed by atoms with E-state index in [2.05, 4.69) is 5.32 Å². The van der Waals surface area contributed by atoms with Crippen LogP contribution in [0.2, 0.25) is 0 Å². The van der Waals surface area contributed by atoms with Gasteiger partial charge in [0.2, 0.25) is 5.91 Å². The molecule has 1 rings (SSSR count). The topological polar surface area (TPSA) is 46.2 Å². The van der Waals surface area contributed by atoms with Crippen molar-refractivity contribution in [3.63, 3.8) is 0 Å². The monoisotopic (exact) mass is 210 g/mol. The van der Waals surface area contributed by atoms with Crippen molar-refractivity contribution in [1.82, 2.24) is 0 Å². The number of ketones is 1. The highest BCUT2D eigenvalue weighted by Gasteiger charge is 2.12. The van der Waals surface area contributed by atoms with Crippen LogP contribution in [0.25, 0.3) is 0 Å². The molecule has 3 heteroatoms. The van der Waals surface area contributed by atoms with Gasteiger partial charge in [-0.3, -0.25) is 9.59 Å². The van der Waals surface area contributed by atoms with Gasteiger partial charge in [0.1, 0.15) is 5.78 Å². The Morgan fingerprint density at radius 1 is 1.33 bits per heavy atom. The molecule has 0 atom stereocenters. The van der Waals surface area contributed by atoms with Gasteiger partial charge in [0.15, 0.2) is 0 Å². The molecule has 0 aromatic heterocycles. The average Bonchev–Trinajstić information content (AvgIpc) is 2.39. The summed E-state index contributed by atoms with van der Waals surface area (Å²) in [5.41, 5.74) is -0.308. The fourth-order valence-corrected chi connectivity index (χ4v) is 0.858. The van der Waals surface area contributed by atoms with Crippen LogP contribution in [0, 0.1) is 5.92 Å². The lowest BCUT2D eigenvalue weighted by Crippen LogP contribution is -2.19. The fraction of sp³-hybridized carbons (Fsp3) is 0.333. The van der Waals surface area contributed by atoms with Gasteiger partial charge in [0.05, 0.1) is 13.3 Å². The number of benzene rings is 1. The molecule has 0 radical (unpaired) electrons. The zero-order valence-corrected chi connectivity index (χ0v) is 8.60. The number of carbonyl (C=O) groups excluding carboxylic acids is 2. The zero-order valence-electron chi connectivity index (χ0n) is 13.6. The van der Waals surface area contributed by atoms with E-state index < -0.39 is 36.1 Å². The van der Waals surface area contributed by atoms with Gasteiger partial charge in [-0.2, -0.15) is 0 Å². The summed E-state index contributed by atoms with van der Waals surface area (Å²) in [5.74, 6) is -1.28. The molecule has 0 aliphatic carbocycles. The normalized spacial score (nSPS) is 14.7. The van der Waals surface area contributed by atoms with Gasteiger partial charge in [0, 0.05) is 11.6 Å². The molecule has 1 aromatic rings. The second kappa shape index (κ2) is 5.29. The average molecular weight is 210 g/mol. The van der Waals surface area contributed by atoms with Gasteiger partial charge >= 0.3 is 0 Å². The Bertz CT molecular complexity index is 542. The lowest BCUT2D eigenvalue weighted by molar-refractivity contribution is -0.127. The Hall–Kier alpha value is -1.64. The van der Waals surface area contributed by atoms with Gasteiger partial charge < -0.3 is 5.32 Å². The van der Waals surface area contributed by atoms with E-state index in [1.165, 1.54) is 0 Å². The molecule has 1 N–H and O–H groups in total. The standard InChI is InChI=1S/C12H15NO2/c1-9(2)11(14)8-12(15)13-10-6-4-3-5-7-10/h3-7,9H,8H2,1-2H3,(H,13,15)/i3D,4D,5D,6D,7D. The van der Waals surface area contributed by atoms with Crippen LogP contribution in [-0.2, 0) is 9.59 Å². The highest BCUT2D eigenvalue weighted by atomic mass is 16.2. The Morgan fingerprint density at radius 3 is 2.47 bits per heavy atom. The molecule has 0 heterocycles. The third-order valence-electron chi connectivity index (χ3n) is 1.74. The largest absolute Gasteiger partial charge is 0.326 e. The molecule has 0 aliphatic heterocycles. The first-order chi connectivity index (χ1) is 9.16. The first-order valence-electron chi connectivity index (χ1n) is 7.06. The smallest absolute Gasteiger partial charge is 0.231 e. The van der Waals surface area contributed by atoms with E-state index in [-0.39, 0.29) is 23.8 Å². The molecule has 1 amide bonds. The van der Waals surface area contributed by atoms with Gasteiger partial charge in [0.25, 0.3) is 0 Å². The minimum atomic E-state index is -0.692. The first kappa shape index (κ1) is 6.05. The van der Waals surface area contributed by atoms with Crippen molar-refractivity contribution in [2.45, 2.75) is 20.3 Å². The van der Waals surface area contributed by atoms with Gasteiger partial charge in [-0.15, -0.1) is 0 Å². The lowest BCUT2D eigenvalue weighted by atomic mass is 10.1. The molecule has 0 aliphatic rings. The third kappa shape index (κ3) is 3.94. The molecule has 1 aromatic carbocycles. The van der Waals surface area contributed by atoms with Crippen LogP contribution in [0.4, 0.5) is 5.69 Å². The SMILES string of the molecule is [2H]c1c([2H])c([2H])c(NC(=O)CC(=O)C(C)C)c([2H])c1[2H]. The predicted molar refractivity (Wildman–Crippen MR) is 59.5 cm³/mol. The van der Waals surface area contributed by atoms with Crippen molar-refractivity contribution in [2.24, 2.45) is 5.92 Å². The minimum absolute atomic E-state index is 0.283. The number of hydrogen-bond acceptors (Lipinski definition) is 2. The summed E-state index contributed by atoms with van der Waals surface area (Å²) >= 11 is 0. The van der Waals surface area contributed by atoms with Crippen molar-refractivity contribution in [3.05, 3.63) is 30.2 Å². The summed E-state index contributed by atoms with van der Waals surface area (Å²) in [6, 6.07) is -2.59. The lowest BCUT2D eigenvalue weighted by Gasteiger charge is -2.05. The van der Waals surface area contributed by atoms with Crippen molar-refractivity contribution in [1.29, 1.82) is 0 Å². The van der Waals surface area contributed by atoms with E-state index in [9.17, 15) is 9.59 Å². The van der Waals surface area contributed by atoms with Crippen LogP contribution < -0.4 is 5.32 Å². The molecular formula is C12H15NO2. The van der Waals surface area contributed by atoms with Gasteiger partial charge in [-0.25, -0.2) is 0 Å². The second-order valence-electron chi connectivity index (χ2n) is 3.35. The Balaban J connectivity index is 3.05. The first-order valence-corrected chi connectivity index (χ1v) is 4.56. The molecule has 0 spiro atoms. The molecule has 0 unspecified atom stereocenters. The van der Waals surface area contributed by atoms with E-state index in [1.807, 2.05) is 0 Å². The Labute approximate surface area is 96.5 Å². The number of rotatable bonds is 4. The van der Waals surface area contributed by atoms with Crippen molar-refractivity contribution in [2.75, 3.05) is 5.32 Å². The van der Waals surface area contributed by atoms with Crippen LogP contribution in [0.15, 0.2) is 30.2 Å². The summed E-state index contributed by atoms with van der Waals surface area (Å²) < 4.78 is 37.6. The molecule has 3 nitrogen and oxygen atoms in total. The predicted octanol–water partition coefficient (Wildman–Crippen LogP) is 2.24. The van der Waals surface area contributed by atoms with Gasteiger partial charge in [-0.1, -0.05) is 32.0 Å². The summed E-state index contributed by atoms with van der Waals surface area (Å²) in [7, 11) is 0. The maximum atomic E-state index is 11.7. The number of para-hydroxylation sites is 1. The quantitative estimate of drug-likeness (QED) is 0.775. The summed E-state index contributed by atoms with van der Waals surface area (Å²) in [5, 5.41) is 2.22. The number of nitrogens with one attached hydrogen (secondary N) is 1. The van der Waals surface area contributed by atoms with Crippen molar-refractivity contribution in [3.8, 4) is 0 Å². The minimum Gasteiger partial charge on any atom is -0.326 e.